The minimum absolute atomic E-state index is 0.492. The largest absolute Gasteiger partial charge is 0.380 e. The van der Waals surface area contributed by atoms with E-state index in [1.807, 2.05) is 12.1 Å². The molecule has 0 spiro atoms. The lowest BCUT2D eigenvalue weighted by molar-refractivity contribution is 0.00846. The molecule has 1 saturated heterocycles. The van der Waals surface area contributed by atoms with Gasteiger partial charge in [-0.25, -0.2) is 0 Å². The van der Waals surface area contributed by atoms with Crippen molar-refractivity contribution in [3.8, 4) is 0 Å². The van der Waals surface area contributed by atoms with Gasteiger partial charge in [-0.15, -0.1) is 0 Å². The second kappa shape index (κ2) is 3.12. The van der Waals surface area contributed by atoms with Crippen molar-refractivity contribution in [2.75, 3.05) is 13.2 Å². The first-order valence-electron chi connectivity index (χ1n) is 3.89. The van der Waals surface area contributed by atoms with Crippen LogP contribution in [0.15, 0.2) is 18.2 Å². The van der Waals surface area contributed by atoms with Gasteiger partial charge in [0, 0.05) is 10.9 Å². The maximum atomic E-state index is 5.85. The predicted molar refractivity (Wildman–Crippen MR) is 50.4 cm³/mol. The van der Waals surface area contributed by atoms with Gasteiger partial charge in [0.1, 0.15) is 7.85 Å². The molecule has 2 rings (SSSR count). The van der Waals surface area contributed by atoms with Crippen molar-refractivity contribution in [3.63, 3.8) is 0 Å². The zero-order valence-electron chi connectivity index (χ0n) is 6.59. The lowest BCUT2D eigenvalue weighted by atomic mass is 9.89. The molecule has 0 bridgehead atoms. The summed E-state index contributed by atoms with van der Waals surface area (Å²) < 4.78 is 5.09. The Balaban J connectivity index is 2.30. The highest BCUT2D eigenvalue weighted by molar-refractivity contribution is 6.36. The van der Waals surface area contributed by atoms with E-state index in [4.69, 9.17) is 24.2 Å². The fraction of sp³-hybridized carbons (Fsp3) is 0.333. The monoisotopic (exact) mass is 178 g/mol. The smallest absolute Gasteiger partial charge is 0.113 e. The molecule has 0 amide bonds. The Labute approximate surface area is 78.1 Å². The first-order valence-corrected chi connectivity index (χ1v) is 4.27. The second-order valence-electron chi connectivity index (χ2n) is 3.05. The zero-order valence-corrected chi connectivity index (χ0v) is 7.34. The van der Waals surface area contributed by atoms with Gasteiger partial charge >= 0.3 is 0 Å². The fourth-order valence-electron chi connectivity index (χ4n) is 1.30. The zero-order chi connectivity index (χ0) is 8.55. The molecule has 0 unspecified atom stereocenters. The fourth-order valence-corrected chi connectivity index (χ4v) is 1.55. The van der Waals surface area contributed by atoms with Crippen LogP contribution in [0.2, 0.25) is 5.02 Å². The van der Waals surface area contributed by atoms with Gasteiger partial charge in [-0.3, -0.25) is 0 Å². The van der Waals surface area contributed by atoms with Crippen LogP contribution in [0.4, 0.5) is 0 Å². The van der Waals surface area contributed by atoms with Gasteiger partial charge in [0.15, 0.2) is 0 Å². The average Bonchev–Trinajstić information content (AvgIpc) is 1.79. The molecule has 1 aromatic carbocycles. The molecular weight excluding hydrogens is 170 g/mol. The van der Waals surface area contributed by atoms with Crippen molar-refractivity contribution in [1.29, 1.82) is 0 Å². The van der Waals surface area contributed by atoms with Crippen LogP contribution in [0, 0.1) is 0 Å². The molecule has 0 saturated carbocycles. The maximum absolute atomic E-state index is 5.85. The van der Waals surface area contributed by atoms with E-state index in [-0.39, 0.29) is 0 Å². The molecule has 0 aromatic heterocycles. The van der Waals surface area contributed by atoms with Crippen molar-refractivity contribution in [2.24, 2.45) is 0 Å². The van der Waals surface area contributed by atoms with E-state index in [1.54, 1.807) is 6.07 Å². The summed E-state index contributed by atoms with van der Waals surface area (Å²) in [4.78, 5) is 0. The summed E-state index contributed by atoms with van der Waals surface area (Å²) in [6.45, 7) is 1.58. The van der Waals surface area contributed by atoms with Crippen LogP contribution in [0.1, 0.15) is 11.5 Å². The summed E-state index contributed by atoms with van der Waals surface area (Å²) in [6.07, 6.45) is 0. The van der Waals surface area contributed by atoms with E-state index < -0.39 is 0 Å². The third kappa shape index (κ3) is 1.50. The normalized spacial score (nSPS) is 17.4. The summed E-state index contributed by atoms with van der Waals surface area (Å²) in [7, 11) is 5.65. The van der Waals surface area contributed by atoms with Crippen LogP contribution in [0.5, 0.6) is 0 Å². The first kappa shape index (κ1) is 8.15. The second-order valence-corrected chi connectivity index (χ2v) is 3.49. The van der Waals surface area contributed by atoms with Gasteiger partial charge < -0.3 is 4.74 Å². The van der Waals surface area contributed by atoms with Crippen LogP contribution in [0.3, 0.4) is 0 Å². The molecule has 1 aliphatic heterocycles. The SMILES string of the molecule is [B]c1cc(Cl)cc(C2COC2)c1. The van der Waals surface area contributed by atoms with Gasteiger partial charge in [0.05, 0.1) is 13.2 Å². The van der Waals surface area contributed by atoms with Crippen LogP contribution < -0.4 is 5.46 Å². The molecule has 60 valence electrons. The Morgan fingerprint density at radius 2 is 2.08 bits per heavy atom. The Morgan fingerprint density at radius 3 is 2.58 bits per heavy atom. The van der Waals surface area contributed by atoms with Crippen molar-refractivity contribution in [3.05, 3.63) is 28.8 Å². The number of benzene rings is 1. The van der Waals surface area contributed by atoms with Crippen LogP contribution in [-0.4, -0.2) is 21.1 Å². The molecule has 2 radical (unpaired) electrons. The topological polar surface area (TPSA) is 9.23 Å². The molecule has 1 nitrogen and oxygen atoms in total. The van der Waals surface area contributed by atoms with E-state index in [0.29, 0.717) is 10.9 Å². The molecular formula is C9H8BClO. The minimum Gasteiger partial charge on any atom is -0.380 e. The highest BCUT2D eigenvalue weighted by Gasteiger charge is 2.20. The number of hydrogen-bond acceptors (Lipinski definition) is 1. The number of hydrogen-bond donors (Lipinski definition) is 0. The van der Waals surface area contributed by atoms with Crippen molar-refractivity contribution < 1.29 is 4.74 Å². The molecule has 1 aliphatic rings. The number of rotatable bonds is 1. The lowest BCUT2D eigenvalue weighted by Gasteiger charge is -2.26. The third-order valence-corrected chi connectivity index (χ3v) is 2.27. The summed E-state index contributed by atoms with van der Waals surface area (Å²) in [5.74, 6) is 0.492. The molecule has 0 aliphatic carbocycles. The molecule has 0 N–H and O–H groups in total. The lowest BCUT2D eigenvalue weighted by Crippen LogP contribution is -2.26. The highest BCUT2D eigenvalue weighted by atomic mass is 35.5. The van der Waals surface area contributed by atoms with Crippen molar-refractivity contribution in [2.45, 2.75) is 5.92 Å². The van der Waals surface area contributed by atoms with E-state index in [9.17, 15) is 0 Å². The summed E-state index contributed by atoms with van der Waals surface area (Å²) in [5, 5.41) is 0.705. The quantitative estimate of drug-likeness (QED) is 0.588. The first-order chi connectivity index (χ1) is 5.75. The number of ether oxygens (including phenoxy) is 1. The summed E-state index contributed by atoms with van der Waals surface area (Å²) >= 11 is 5.85. The highest BCUT2D eigenvalue weighted by Crippen LogP contribution is 2.24. The van der Waals surface area contributed by atoms with Gasteiger partial charge in [0.2, 0.25) is 0 Å². The number of halogens is 1. The van der Waals surface area contributed by atoms with E-state index in [2.05, 4.69) is 0 Å². The molecule has 0 atom stereocenters. The Morgan fingerprint density at radius 1 is 1.33 bits per heavy atom. The van der Waals surface area contributed by atoms with E-state index >= 15 is 0 Å². The molecule has 1 fully saturated rings. The van der Waals surface area contributed by atoms with Crippen molar-refractivity contribution >= 4 is 24.9 Å². The van der Waals surface area contributed by atoms with Crippen LogP contribution in [0.25, 0.3) is 0 Å². The Kier molecular flexibility index (Phi) is 2.12. The van der Waals surface area contributed by atoms with E-state index in [1.165, 1.54) is 5.56 Å². The minimum atomic E-state index is 0.492. The Hall–Kier alpha value is -0.465. The molecule has 12 heavy (non-hydrogen) atoms. The summed E-state index contributed by atoms with van der Waals surface area (Å²) in [6, 6.07) is 5.66. The average molecular weight is 178 g/mol. The van der Waals surface area contributed by atoms with Gasteiger partial charge in [-0.05, 0) is 11.6 Å². The van der Waals surface area contributed by atoms with Gasteiger partial charge in [-0.2, -0.15) is 0 Å². The van der Waals surface area contributed by atoms with Crippen LogP contribution >= 0.6 is 11.6 Å². The van der Waals surface area contributed by atoms with Crippen LogP contribution in [-0.2, 0) is 4.74 Å². The van der Waals surface area contributed by atoms with E-state index in [0.717, 1.165) is 18.7 Å². The predicted octanol–water partition coefficient (Wildman–Crippen LogP) is 1.25. The standard InChI is InChI=1S/C9H8BClO/c10-8-1-6(2-9(11)3-8)7-4-12-5-7/h1-3,7H,4-5H2. The summed E-state index contributed by atoms with van der Waals surface area (Å²) in [5.41, 5.74) is 1.91. The van der Waals surface area contributed by atoms with Gasteiger partial charge in [-0.1, -0.05) is 29.2 Å². The van der Waals surface area contributed by atoms with Gasteiger partial charge in [0.25, 0.3) is 0 Å². The molecule has 1 aromatic rings. The molecule has 1 heterocycles. The van der Waals surface area contributed by atoms with Crippen molar-refractivity contribution in [1.82, 2.24) is 0 Å². The maximum Gasteiger partial charge on any atom is 0.113 e. The molecule has 3 heteroatoms. The third-order valence-electron chi connectivity index (χ3n) is 2.05. The Bertz CT molecular complexity index is 276.